The van der Waals surface area contributed by atoms with Crippen LogP contribution in [0.3, 0.4) is 0 Å². The summed E-state index contributed by atoms with van der Waals surface area (Å²) in [6.07, 6.45) is 2.37. The maximum atomic E-state index is 14.3. The lowest BCUT2D eigenvalue weighted by atomic mass is 9.87. The second-order valence-electron chi connectivity index (χ2n) is 7.82. The molecule has 1 fully saturated rings. The zero-order chi connectivity index (χ0) is 23.5. The minimum atomic E-state index is -0.644. The van der Waals surface area contributed by atoms with Gasteiger partial charge in [0.05, 0.1) is 18.9 Å². The van der Waals surface area contributed by atoms with Crippen LogP contribution in [0.25, 0.3) is 11.4 Å². The summed E-state index contributed by atoms with van der Waals surface area (Å²) in [4.78, 5) is 34.8. The van der Waals surface area contributed by atoms with Gasteiger partial charge in [0.15, 0.2) is 11.6 Å². The molecular weight excluding hydrogens is 451 g/mol. The number of nitrogens with zero attached hydrogens (tertiary/aromatic N) is 4. The average molecular weight is 473 g/mol. The van der Waals surface area contributed by atoms with Crippen molar-refractivity contribution in [2.75, 3.05) is 13.7 Å². The molecule has 0 bridgehead atoms. The zero-order valence-corrected chi connectivity index (χ0v) is 18.6. The zero-order valence-electron chi connectivity index (χ0n) is 17.8. The second kappa shape index (κ2) is 9.53. The highest BCUT2D eigenvalue weighted by Gasteiger charge is 2.35. The van der Waals surface area contributed by atoms with Crippen LogP contribution in [0.5, 0.6) is 5.88 Å². The summed E-state index contributed by atoms with van der Waals surface area (Å²) in [5, 5.41) is 7.19. The number of benzene rings is 1. The fraction of sp³-hybridized carbons (Fsp3) is 0.318. The van der Waals surface area contributed by atoms with Gasteiger partial charge in [-0.1, -0.05) is 23.7 Å². The molecular formula is C22H22ClFN6O3. The number of carbonyl (C=O) groups excluding carboxylic acids is 2. The van der Waals surface area contributed by atoms with Gasteiger partial charge in [-0.05, 0) is 37.0 Å². The molecule has 0 saturated carbocycles. The highest BCUT2D eigenvalue weighted by atomic mass is 35.5. The number of halogens is 2. The van der Waals surface area contributed by atoms with E-state index in [1.54, 1.807) is 11.0 Å². The smallest absolute Gasteiger partial charge is 0.291 e. The highest BCUT2D eigenvalue weighted by Crippen LogP contribution is 2.28. The SMILES string of the molecule is COc1cc(-c2n[nH]c(C(=O)N3CCC(C(N)=O)CC3Cc3cccc(Cl)c3)n2)c(F)cn1. The molecule has 3 N–H and O–H groups in total. The third kappa shape index (κ3) is 4.95. The van der Waals surface area contributed by atoms with Gasteiger partial charge in [0.25, 0.3) is 5.91 Å². The van der Waals surface area contributed by atoms with E-state index in [0.29, 0.717) is 30.8 Å². The standard InChI is InChI=1S/C22H22ClFN6O3/c1-33-18-10-16(17(24)11-26-18)20-27-21(29-28-20)22(32)30-6-5-13(19(25)31)9-15(30)8-12-3-2-4-14(23)7-12/h2-4,7,10-11,13,15H,5-6,8-9H2,1H3,(H2,25,31)(H,27,28,29). The summed E-state index contributed by atoms with van der Waals surface area (Å²) in [6.45, 7) is 0.325. The fourth-order valence-electron chi connectivity index (χ4n) is 4.02. The molecule has 3 aromatic rings. The quantitative estimate of drug-likeness (QED) is 0.567. The Hall–Kier alpha value is -3.53. The van der Waals surface area contributed by atoms with E-state index >= 15 is 0 Å². The van der Waals surface area contributed by atoms with E-state index in [1.165, 1.54) is 13.2 Å². The Labute approximate surface area is 194 Å². The minimum absolute atomic E-state index is 0.00923. The van der Waals surface area contributed by atoms with Gasteiger partial charge in [-0.3, -0.25) is 14.7 Å². The molecule has 0 radical (unpaired) electrons. The second-order valence-corrected chi connectivity index (χ2v) is 8.26. The van der Waals surface area contributed by atoms with Gasteiger partial charge >= 0.3 is 0 Å². The molecule has 172 valence electrons. The van der Waals surface area contributed by atoms with Crippen LogP contribution in [0.4, 0.5) is 4.39 Å². The molecule has 2 atom stereocenters. The average Bonchev–Trinajstić information content (AvgIpc) is 3.29. The Balaban J connectivity index is 1.59. The monoisotopic (exact) mass is 472 g/mol. The summed E-state index contributed by atoms with van der Waals surface area (Å²) < 4.78 is 19.3. The molecule has 11 heteroatoms. The molecule has 0 spiro atoms. The van der Waals surface area contributed by atoms with Crippen LogP contribution in [-0.2, 0) is 11.2 Å². The van der Waals surface area contributed by atoms with Crippen molar-refractivity contribution in [3.8, 4) is 17.3 Å². The number of nitrogens with two attached hydrogens (primary N) is 1. The molecule has 1 aromatic carbocycles. The van der Waals surface area contributed by atoms with Crippen LogP contribution < -0.4 is 10.5 Å². The normalized spacial score (nSPS) is 18.2. The fourth-order valence-corrected chi connectivity index (χ4v) is 4.24. The number of amides is 2. The lowest BCUT2D eigenvalue weighted by molar-refractivity contribution is -0.123. The predicted octanol–water partition coefficient (Wildman–Crippen LogP) is 2.62. The van der Waals surface area contributed by atoms with Crippen LogP contribution in [0.15, 0.2) is 36.5 Å². The maximum Gasteiger partial charge on any atom is 0.291 e. The van der Waals surface area contributed by atoms with E-state index in [4.69, 9.17) is 22.1 Å². The van der Waals surface area contributed by atoms with E-state index in [1.807, 2.05) is 18.2 Å². The number of methoxy groups -OCH3 is 1. The van der Waals surface area contributed by atoms with Gasteiger partial charge < -0.3 is 15.4 Å². The van der Waals surface area contributed by atoms with Crippen molar-refractivity contribution < 1.29 is 18.7 Å². The van der Waals surface area contributed by atoms with E-state index in [2.05, 4.69) is 20.2 Å². The molecule has 0 aliphatic carbocycles. The Morgan fingerprint density at radius 1 is 1.36 bits per heavy atom. The number of carbonyl (C=O) groups is 2. The number of rotatable bonds is 6. The van der Waals surface area contributed by atoms with E-state index in [9.17, 15) is 14.0 Å². The van der Waals surface area contributed by atoms with Gasteiger partial charge in [0, 0.05) is 29.6 Å². The molecule has 33 heavy (non-hydrogen) atoms. The first-order valence-corrected chi connectivity index (χ1v) is 10.7. The van der Waals surface area contributed by atoms with Gasteiger partial charge in [0.1, 0.15) is 0 Å². The molecule has 1 saturated heterocycles. The van der Waals surface area contributed by atoms with Crippen LogP contribution in [-0.4, -0.2) is 56.6 Å². The van der Waals surface area contributed by atoms with Crippen LogP contribution in [0.2, 0.25) is 5.02 Å². The third-order valence-corrected chi connectivity index (χ3v) is 5.94. The number of H-pyrrole nitrogens is 1. The number of primary amides is 1. The van der Waals surface area contributed by atoms with Crippen molar-refractivity contribution in [1.29, 1.82) is 0 Å². The van der Waals surface area contributed by atoms with Crippen molar-refractivity contribution in [1.82, 2.24) is 25.1 Å². The number of pyridine rings is 1. The largest absolute Gasteiger partial charge is 0.481 e. The van der Waals surface area contributed by atoms with Crippen LogP contribution in [0.1, 0.15) is 29.0 Å². The van der Waals surface area contributed by atoms with Gasteiger partial charge in [-0.2, -0.15) is 5.10 Å². The first kappa shape index (κ1) is 22.7. The molecule has 1 aliphatic heterocycles. The van der Waals surface area contributed by atoms with Crippen molar-refractivity contribution >= 4 is 23.4 Å². The number of hydrogen-bond donors (Lipinski definition) is 2. The number of nitrogens with one attached hydrogen (secondary N) is 1. The summed E-state index contributed by atoms with van der Waals surface area (Å²) in [7, 11) is 1.41. The van der Waals surface area contributed by atoms with Gasteiger partial charge in [0.2, 0.25) is 17.6 Å². The summed E-state index contributed by atoms with van der Waals surface area (Å²) >= 11 is 6.11. The topological polar surface area (TPSA) is 127 Å². The van der Waals surface area contributed by atoms with Crippen molar-refractivity contribution in [3.05, 3.63) is 58.8 Å². The number of likely N-dealkylation sites (tertiary alicyclic amines) is 1. The molecule has 4 rings (SSSR count). The van der Waals surface area contributed by atoms with Crippen LogP contribution in [0, 0.1) is 11.7 Å². The lowest BCUT2D eigenvalue weighted by Gasteiger charge is -2.38. The highest BCUT2D eigenvalue weighted by molar-refractivity contribution is 6.30. The van der Waals surface area contributed by atoms with E-state index in [-0.39, 0.29) is 41.0 Å². The van der Waals surface area contributed by atoms with Crippen molar-refractivity contribution in [2.45, 2.75) is 25.3 Å². The van der Waals surface area contributed by atoms with E-state index < -0.39 is 11.7 Å². The number of aromatic amines is 1. The predicted molar refractivity (Wildman–Crippen MR) is 118 cm³/mol. The maximum absolute atomic E-state index is 14.3. The molecule has 3 heterocycles. The summed E-state index contributed by atoms with van der Waals surface area (Å²) in [5.74, 6) is -1.59. The minimum Gasteiger partial charge on any atom is -0.481 e. The number of aromatic nitrogens is 4. The number of ether oxygens (including phenoxy) is 1. The molecule has 2 aromatic heterocycles. The Kier molecular flexibility index (Phi) is 6.55. The lowest BCUT2D eigenvalue weighted by Crippen LogP contribution is -2.49. The Morgan fingerprint density at radius 2 is 2.18 bits per heavy atom. The molecule has 2 amide bonds. The summed E-state index contributed by atoms with van der Waals surface area (Å²) in [6, 6.07) is 8.39. The van der Waals surface area contributed by atoms with Crippen molar-refractivity contribution in [3.63, 3.8) is 0 Å². The Bertz CT molecular complexity index is 1190. The number of hydrogen-bond acceptors (Lipinski definition) is 6. The first-order valence-electron chi connectivity index (χ1n) is 10.3. The van der Waals surface area contributed by atoms with Crippen LogP contribution >= 0.6 is 11.6 Å². The number of piperidine rings is 1. The van der Waals surface area contributed by atoms with Crippen molar-refractivity contribution in [2.24, 2.45) is 11.7 Å². The van der Waals surface area contributed by atoms with Gasteiger partial charge in [-0.25, -0.2) is 14.4 Å². The molecule has 2 unspecified atom stereocenters. The molecule has 1 aliphatic rings. The first-order chi connectivity index (χ1) is 15.9. The third-order valence-electron chi connectivity index (χ3n) is 5.71. The Morgan fingerprint density at radius 3 is 2.91 bits per heavy atom. The van der Waals surface area contributed by atoms with Gasteiger partial charge in [-0.15, -0.1) is 0 Å². The molecule has 9 nitrogen and oxygen atoms in total. The van der Waals surface area contributed by atoms with E-state index in [0.717, 1.165) is 11.8 Å². The summed E-state index contributed by atoms with van der Waals surface area (Å²) in [5.41, 5.74) is 6.53.